The van der Waals surface area contributed by atoms with Crippen LogP contribution in [0.15, 0.2) is 99.6 Å². The third-order valence-corrected chi connectivity index (χ3v) is 5.24. The molecule has 0 aliphatic heterocycles. The molecule has 0 N–H and O–H groups in total. The average molecular weight is 296 g/mol. The zero-order valence-corrected chi connectivity index (χ0v) is 11.7. The van der Waals surface area contributed by atoms with E-state index in [0.29, 0.717) is 0 Å². The average Bonchev–Trinajstić information content (AvgIpc) is 2.52. The van der Waals surface area contributed by atoms with Gasteiger partial charge in [0.25, 0.3) is 0 Å². The normalized spacial score (nSPS) is 10.2. The van der Waals surface area contributed by atoms with Crippen molar-refractivity contribution < 1.29 is 4.39 Å². The second kappa shape index (κ2) is 7.09. The molecule has 0 radical (unpaired) electrons. The number of hydrogen-bond acceptors (Lipinski definition) is 0. The van der Waals surface area contributed by atoms with E-state index in [9.17, 15) is 4.39 Å². The van der Waals surface area contributed by atoms with Crippen molar-refractivity contribution in [1.29, 1.82) is 0 Å². The third kappa shape index (κ3) is 3.53. The Morgan fingerprint density at radius 1 is 0.524 bits per heavy atom. The quantitative estimate of drug-likeness (QED) is 0.555. The molecule has 0 aliphatic rings. The molecule has 0 heterocycles. The molecule has 0 aliphatic carbocycles. The van der Waals surface area contributed by atoms with Gasteiger partial charge in [-0.1, -0.05) is 43.8 Å². The van der Waals surface area contributed by atoms with Gasteiger partial charge in [0, 0.05) is 0 Å². The van der Waals surface area contributed by atoms with Crippen molar-refractivity contribution in [2.45, 2.75) is 22.1 Å². The van der Waals surface area contributed by atoms with Gasteiger partial charge in [0.05, 0.1) is 10.9 Å². The molecule has 0 saturated heterocycles. The molecule has 0 nitrogen and oxygen atoms in total. The fraction of sp³-hybridized carbons (Fsp3) is 0.0526. The van der Waals surface area contributed by atoms with Crippen LogP contribution in [0.25, 0.3) is 0 Å². The monoisotopic (exact) mass is 296 g/mol. The van der Waals surface area contributed by atoms with Crippen LogP contribution in [0.3, 0.4) is 0 Å². The van der Waals surface area contributed by atoms with Gasteiger partial charge in [-0.3, -0.25) is 0 Å². The fourth-order valence-corrected chi connectivity index (χ4v) is 4.18. The van der Waals surface area contributed by atoms with Crippen LogP contribution in [0.1, 0.15) is 7.43 Å². The molecular formula is C19H18FS+. The maximum absolute atomic E-state index is 13.2. The second-order valence-corrected chi connectivity index (χ2v) is 6.41. The molecule has 3 aromatic carbocycles. The summed E-state index contributed by atoms with van der Waals surface area (Å²) in [4.78, 5) is 3.61. The number of halogens is 1. The summed E-state index contributed by atoms with van der Waals surface area (Å²) in [6, 6.07) is 27.5. The predicted molar refractivity (Wildman–Crippen MR) is 88.2 cm³/mol. The maximum Gasteiger partial charge on any atom is 0.166 e. The van der Waals surface area contributed by atoms with E-state index < -0.39 is 0 Å². The first-order valence-electron chi connectivity index (χ1n) is 6.44. The van der Waals surface area contributed by atoms with E-state index in [1.807, 2.05) is 48.5 Å². The van der Waals surface area contributed by atoms with Crippen molar-refractivity contribution in [2.75, 3.05) is 0 Å². The van der Waals surface area contributed by atoms with E-state index in [1.165, 1.54) is 21.9 Å². The van der Waals surface area contributed by atoms with Gasteiger partial charge in [-0.15, -0.1) is 0 Å². The Labute approximate surface area is 128 Å². The van der Waals surface area contributed by atoms with Crippen molar-refractivity contribution in [3.8, 4) is 0 Å². The molecule has 0 fully saturated rings. The van der Waals surface area contributed by atoms with Gasteiger partial charge in [-0.05, 0) is 48.5 Å². The van der Waals surface area contributed by atoms with Crippen LogP contribution in [0.5, 0.6) is 0 Å². The lowest BCUT2D eigenvalue weighted by Crippen LogP contribution is -2.04. The lowest BCUT2D eigenvalue weighted by Gasteiger charge is -2.07. The zero-order valence-electron chi connectivity index (χ0n) is 10.9. The van der Waals surface area contributed by atoms with Crippen molar-refractivity contribution in [3.05, 3.63) is 90.7 Å². The van der Waals surface area contributed by atoms with Gasteiger partial charge in [0.1, 0.15) is 5.82 Å². The van der Waals surface area contributed by atoms with E-state index >= 15 is 0 Å². The first-order chi connectivity index (χ1) is 9.84. The van der Waals surface area contributed by atoms with Gasteiger partial charge in [-0.25, -0.2) is 4.39 Å². The molecule has 0 amide bonds. The third-order valence-electron chi connectivity index (χ3n) is 3.01. The summed E-state index contributed by atoms with van der Waals surface area (Å²) in [5.41, 5.74) is 0. The van der Waals surface area contributed by atoms with E-state index in [0.717, 1.165) is 4.90 Å². The number of hydrogen-bond donors (Lipinski definition) is 0. The molecule has 3 aromatic rings. The molecule has 0 saturated carbocycles. The molecular weight excluding hydrogens is 278 g/mol. The molecule has 21 heavy (non-hydrogen) atoms. The van der Waals surface area contributed by atoms with Gasteiger partial charge < -0.3 is 0 Å². The van der Waals surface area contributed by atoms with Crippen LogP contribution in [-0.4, -0.2) is 0 Å². The van der Waals surface area contributed by atoms with Crippen molar-refractivity contribution in [1.82, 2.24) is 0 Å². The summed E-state index contributed by atoms with van der Waals surface area (Å²) in [6.07, 6.45) is 0. The maximum atomic E-state index is 13.2. The second-order valence-electron chi connectivity index (χ2n) is 4.39. The minimum absolute atomic E-state index is 0. The van der Waals surface area contributed by atoms with Gasteiger partial charge >= 0.3 is 0 Å². The lowest BCUT2D eigenvalue weighted by molar-refractivity contribution is 0.626. The number of rotatable bonds is 3. The van der Waals surface area contributed by atoms with Crippen molar-refractivity contribution in [3.63, 3.8) is 0 Å². The molecule has 106 valence electrons. The highest BCUT2D eigenvalue weighted by Gasteiger charge is 2.27. The summed E-state index contributed by atoms with van der Waals surface area (Å²) in [6.45, 7) is 0. The van der Waals surface area contributed by atoms with Crippen LogP contribution in [0.4, 0.5) is 4.39 Å². The van der Waals surface area contributed by atoms with E-state index in [1.54, 1.807) is 0 Å². The molecule has 0 atom stereocenters. The Morgan fingerprint density at radius 3 is 1.33 bits per heavy atom. The van der Waals surface area contributed by atoms with Gasteiger partial charge in [0.2, 0.25) is 0 Å². The SMILES string of the molecule is C.[18F]c1ccc([S+](c2ccccc2)c2ccccc2)cc1. The summed E-state index contributed by atoms with van der Waals surface area (Å²) in [5, 5.41) is 0. The van der Waals surface area contributed by atoms with Gasteiger partial charge in [-0.2, -0.15) is 0 Å². The molecule has 0 spiro atoms. The highest BCUT2D eigenvalue weighted by atomic mass is 32.2. The Kier molecular flexibility index (Phi) is 5.18. The lowest BCUT2D eigenvalue weighted by atomic mass is 10.3. The fourth-order valence-electron chi connectivity index (χ4n) is 2.09. The summed E-state index contributed by atoms with van der Waals surface area (Å²) < 4.78 is 13.2. The first-order valence-corrected chi connectivity index (χ1v) is 7.67. The standard InChI is InChI=1S/C18H14FS.CH4/c19-15-11-13-18(14-12-15)20(16-7-3-1-4-8-16)17-9-5-2-6-10-17;/h1-14H;1H4/q+1;/i19-1;. The molecule has 0 bridgehead atoms. The van der Waals surface area contributed by atoms with Gasteiger partial charge in [0.15, 0.2) is 14.7 Å². The Morgan fingerprint density at radius 2 is 0.905 bits per heavy atom. The summed E-state index contributed by atoms with van der Waals surface area (Å²) >= 11 is 0. The van der Waals surface area contributed by atoms with Crippen LogP contribution < -0.4 is 0 Å². The topological polar surface area (TPSA) is 0 Å². The van der Waals surface area contributed by atoms with Crippen molar-refractivity contribution in [2.24, 2.45) is 0 Å². The van der Waals surface area contributed by atoms with Crippen LogP contribution in [0.2, 0.25) is 0 Å². The molecule has 0 aromatic heterocycles. The van der Waals surface area contributed by atoms with Crippen molar-refractivity contribution >= 4 is 10.9 Å². The minimum Gasteiger partial charge on any atom is -0.207 e. The zero-order chi connectivity index (χ0) is 13.8. The number of benzene rings is 3. The Bertz CT molecular complexity index is 623. The largest absolute Gasteiger partial charge is 0.207 e. The van der Waals surface area contributed by atoms with E-state index in [2.05, 4.69) is 24.3 Å². The van der Waals surface area contributed by atoms with E-state index in [4.69, 9.17) is 0 Å². The summed E-state index contributed by atoms with van der Waals surface area (Å²) in [5.74, 6) is -0.196. The van der Waals surface area contributed by atoms with E-state index in [-0.39, 0.29) is 24.1 Å². The Balaban J connectivity index is 0.00000161. The van der Waals surface area contributed by atoms with Crippen LogP contribution in [-0.2, 0) is 10.9 Å². The highest BCUT2D eigenvalue weighted by Crippen LogP contribution is 2.30. The molecule has 3 rings (SSSR count). The minimum atomic E-state index is -0.196. The Hall–Kier alpha value is -2.06. The first kappa shape index (κ1) is 15.3. The highest BCUT2D eigenvalue weighted by molar-refractivity contribution is 7.97. The molecule has 2 heteroatoms. The summed E-state index contributed by atoms with van der Waals surface area (Å²) in [7, 11) is -0.190. The van der Waals surface area contributed by atoms with Crippen LogP contribution >= 0.6 is 0 Å². The predicted octanol–water partition coefficient (Wildman–Crippen LogP) is 5.56. The molecule has 0 unspecified atom stereocenters. The van der Waals surface area contributed by atoms with Crippen LogP contribution in [0, 0.1) is 5.82 Å². The smallest absolute Gasteiger partial charge is 0.166 e.